The maximum absolute atomic E-state index is 11.4. The molecule has 1 aromatic carbocycles. The van der Waals surface area contributed by atoms with E-state index in [4.69, 9.17) is 11.5 Å². The van der Waals surface area contributed by atoms with Crippen molar-refractivity contribution in [1.29, 1.82) is 0 Å². The van der Waals surface area contributed by atoms with Crippen LogP contribution in [0.4, 0.5) is 4.79 Å². The second kappa shape index (κ2) is 4.89. The summed E-state index contributed by atoms with van der Waals surface area (Å²) in [6.45, 7) is 0.525. The summed E-state index contributed by atoms with van der Waals surface area (Å²) in [5.74, 6) is -0.442. The van der Waals surface area contributed by atoms with E-state index in [1.807, 2.05) is 29.6 Å². The molecule has 0 spiro atoms. The summed E-state index contributed by atoms with van der Waals surface area (Å²) in [6, 6.07) is 6.82. The van der Waals surface area contributed by atoms with Crippen LogP contribution >= 0.6 is 0 Å². The van der Waals surface area contributed by atoms with E-state index in [1.165, 1.54) is 0 Å². The molecule has 94 valence electrons. The summed E-state index contributed by atoms with van der Waals surface area (Å²) in [7, 11) is 0. The van der Waals surface area contributed by atoms with Gasteiger partial charge in [-0.3, -0.25) is 10.1 Å². The molecule has 0 radical (unpaired) electrons. The maximum atomic E-state index is 11.4. The van der Waals surface area contributed by atoms with E-state index in [2.05, 4.69) is 0 Å². The van der Waals surface area contributed by atoms with E-state index in [1.54, 1.807) is 10.8 Å². The fourth-order valence-electron chi connectivity index (χ4n) is 1.85. The van der Waals surface area contributed by atoms with Crippen molar-refractivity contribution >= 4 is 22.8 Å². The summed E-state index contributed by atoms with van der Waals surface area (Å²) in [4.78, 5) is 22.0. The zero-order valence-electron chi connectivity index (χ0n) is 9.72. The molecule has 0 unspecified atom stereocenters. The highest BCUT2D eigenvalue weighted by Gasteiger charge is 2.07. The third kappa shape index (κ3) is 2.49. The molecule has 1 aromatic heterocycles. The summed E-state index contributed by atoms with van der Waals surface area (Å²) in [5.41, 5.74) is 12.4. The minimum Gasteiger partial charge on any atom is -0.351 e. The van der Waals surface area contributed by atoms with Gasteiger partial charge in [0.2, 0.25) is 5.91 Å². The van der Waals surface area contributed by atoms with E-state index in [0.717, 1.165) is 16.5 Å². The van der Waals surface area contributed by atoms with Crippen LogP contribution < -0.4 is 16.8 Å². The van der Waals surface area contributed by atoms with Gasteiger partial charge in [0.25, 0.3) is 0 Å². The van der Waals surface area contributed by atoms with Gasteiger partial charge in [0.15, 0.2) is 0 Å². The molecule has 0 aliphatic heterocycles. The minimum atomic E-state index is -0.845. The molecule has 0 aliphatic rings. The Kier molecular flexibility index (Phi) is 3.29. The fourth-order valence-corrected chi connectivity index (χ4v) is 1.85. The van der Waals surface area contributed by atoms with Gasteiger partial charge in [-0.1, -0.05) is 6.07 Å². The Morgan fingerprint density at radius 2 is 2.06 bits per heavy atom. The first kappa shape index (κ1) is 12.1. The summed E-state index contributed by atoms with van der Waals surface area (Å²) < 4.78 is 1.74. The number of imide groups is 1. The average molecular weight is 246 g/mol. The highest BCUT2D eigenvalue weighted by atomic mass is 16.2. The lowest BCUT2D eigenvalue weighted by Gasteiger charge is -2.05. The van der Waals surface area contributed by atoms with Gasteiger partial charge in [-0.25, -0.2) is 4.79 Å². The Morgan fingerprint density at radius 3 is 2.72 bits per heavy atom. The highest BCUT2D eigenvalue weighted by molar-refractivity contribution is 5.94. The van der Waals surface area contributed by atoms with Crippen molar-refractivity contribution in [3.8, 4) is 0 Å². The first-order valence-corrected chi connectivity index (χ1v) is 5.47. The van der Waals surface area contributed by atoms with Crippen LogP contribution in [0.3, 0.4) is 0 Å². The molecule has 6 nitrogen and oxygen atoms in total. The van der Waals surface area contributed by atoms with Crippen LogP contribution in [-0.4, -0.2) is 16.5 Å². The second-order valence-corrected chi connectivity index (χ2v) is 3.95. The number of benzene rings is 1. The molecule has 0 saturated heterocycles. The smallest absolute Gasteiger partial charge is 0.318 e. The number of hydrogen-bond donors (Lipinski definition) is 3. The Labute approximate surface area is 104 Å². The van der Waals surface area contributed by atoms with Crippen LogP contribution in [0.5, 0.6) is 0 Å². The van der Waals surface area contributed by atoms with E-state index < -0.39 is 11.9 Å². The number of hydrogen-bond acceptors (Lipinski definition) is 3. The quantitative estimate of drug-likeness (QED) is 0.725. The number of nitrogens with one attached hydrogen (secondary N) is 1. The van der Waals surface area contributed by atoms with Crippen molar-refractivity contribution in [2.75, 3.05) is 0 Å². The van der Waals surface area contributed by atoms with Crippen molar-refractivity contribution < 1.29 is 9.59 Å². The average Bonchev–Trinajstić information content (AvgIpc) is 2.70. The molecule has 5 N–H and O–H groups in total. The van der Waals surface area contributed by atoms with Crippen molar-refractivity contribution in [2.45, 2.75) is 13.1 Å². The van der Waals surface area contributed by atoms with Crippen molar-refractivity contribution in [3.05, 3.63) is 36.0 Å². The molecule has 0 fully saturated rings. The maximum Gasteiger partial charge on any atom is 0.318 e. The van der Waals surface area contributed by atoms with Gasteiger partial charge in [0.05, 0.1) is 0 Å². The van der Waals surface area contributed by atoms with Crippen molar-refractivity contribution in [2.24, 2.45) is 11.5 Å². The van der Waals surface area contributed by atoms with Crippen molar-refractivity contribution in [3.63, 3.8) is 0 Å². The van der Waals surface area contributed by atoms with Crippen LogP contribution in [0, 0.1) is 0 Å². The van der Waals surface area contributed by atoms with Crippen molar-refractivity contribution in [1.82, 2.24) is 9.88 Å². The Morgan fingerprint density at radius 1 is 1.28 bits per heavy atom. The lowest BCUT2D eigenvalue weighted by Crippen LogP contribution is -2.37. The molecule has 18 heavy (non-hydrogen) atoms. The molecule has 0 aliphatic carbocycles. The molecule has 0 atom stereocenters. The van der Waals surface area contributed by atoms with Crippen LogP contribution in [-0.2, 0) is 17.9 Å². The number of nitrogens with two attached hydrogens (primary N) is 2. The Balaban J connectivity index is 2.24. The third-order valence-electron chi connectivity index (χ3n) is 2.65. The molecule has 0 saturated carbocycles. The lowest BCUT2D eigenvalue weighted by molar-refractivity contribution is -0.120. The zero-order chi connectivity index (χ0) is 13.1. The van der Waals surface area contributed by atoms with Gasteiger partial charge in [-0.05, 0) is 29.1 Å². The van der Waals surface area contributed by atoms with Gasteiger partial charge in [-0.2, -0.15) is 0 Å². The van der Waals surface area contributed by atoms with E-state index in [9.17, 15) is 9.59 Å². The first-order chi connectivity index (χ1) is 8.60. The summed E-state index contributed by atoms with van der Waals surface area (Å²) in [6.07, 6.45) is 1.78. The number of carbonyl (C=O) groups is 2. The number of nitrogens with zero attached hydrogens (tertiary/aromatic N) is 1. The molecule has 0 bridgehead atoms. The SMILES string of the molecule is NCc1ccc2c(ccn2CC(=O)NC(N)=O)c1. The number of carbonyl (C=O) groups excluding carboxylic acids is 2. The molecular formula is C12H14N4O2. The monoisotopic (exact) mass is 246 g/mol. The molecule has 1 heterocycles. The van der Waals surface area contributed by atoms with E-state index in [-0.39, 0.29) is 6.54 Å². The zero-order valence-corrected chi connectivity index (χ0v) is 9.72. The van der Waals surface area contributed by atoms with E-state index in [0.29, 0.717) is 6.54 Å². The van der Waals surface area contributed by atoms with Crippen LogP contribution in [0.25, 0.3) is 10.9 Å². The predicted molar refractivity (Wildman–Crippen MR) is 67.6 cm³/mol. The molecule has 2 rings (SSSR count). The number of amides is 3. The predicted octanol–water partition coefficient (Wildman–Crippen LogP) is 0.295. The number of urea groups is 1. The third-order valence-corrected chi connectivity index (χ3v) is 2.65. The normalized spacial score (nSPS) is 10.5. The Bertz CT molecular complexity index is 603. The topological polar surface area (TPSA) is 103 Å². The molecule has 2 aromatic rings. The fraction of sp³-hybridized carbons (Fsp3) is 0.167. The summed E-state index contributed by atoms with van der Waals surface area (Å²) >= 11 is 0. The van der Waals surface area contributed by atoms with Gasteiger partial charge in [0, 0.05) is 18.3 Å². The number of fused-ring (bicyclic) bond motifs is 1. The van der Waals surface area contributed by atoms with E-state index >= 15 is 0 Å². The number of primary amides is 1. The molecule has 3 amide bonds. The van der Waals surface area contributed by atoms with Gasteiger partial charge >= 0.3 is 6.03 Å². The van der Waals surface area contributed by atoms with Crippen LogP contribution in [0.2, 0.25) is 0 Å². The Hall–Kier alpha value is -2.34. The van der Waals surface area contributed by atoms with Crippen LogP contribution in [0.15, 0.2) is 30.5 Å². The first-order valence-electron chi connectivity index (χ1n) is 5.47. The summed E-state index contributed by atoms with van der Waals surface area (Å²) in [5, 5.41) is 3.03. The van der Waals surface area contributed by atoms with Crippen LogP contribution in [0.1, 0.15) is 5.56 Å². The molecule has 6 heteroatoms. The molecular weight excluding hydrogens is 232 g/mol. The van der Waals surface area contributed by atoms with Gasteiger partial charge in [0.1, 0.15) is 6.54 Å². The number of aromatic nitrogens is 1. The highest BCUT2D eigenvalue weighted by Crippen LogP contribution is 2.17. The standard InChI is InChI=1S/C12H14N4O2/c13-6-8-1-2-10-9(5-8)3-4-16(10)7-11(17)15-12(14)18/h1-5H,6-7,13H2,(H3,14,15,17,18). The number of rotatable bonds is 3. The van der Waals surface area contributed by atoms with Gasteiger partial charge in [-0.15, -0.1) is 0 Å². The second-order valence-electron chi connectivity index (χ2n) is 3.95. The lowest BCUT2D eigenvalue weighted by atomic mass is 10.1. The largest absolute Gasteiger partial charge is 0.351 e. The minimum absolute atomic E-state index is 0.0500. The van der Waals surface area contributed by atoms with Gasteiger partial charge < -0.3 is 16.0 Å².